The monoisotopic (exact) mass is 319 g/mol. The van der Waals surface area contributed by atoms with E-state index in [1.54, 1.807) is 6.07 Å². The highest BCUT2D eigenvalue weighted by Gasteiger charge is 2.09. The first kappa shape index (κ1) is 12.2. The molecule has 1 aromatic heterocycles. The van der Waals surface area contributed by atoms with Crippen LogP contribution in [0.4, 0.5) is 10.2 Å². The topological polar surface area (TPSA) is 43.8 Å². The zero-order valence-corrected chi connectivity index (χ0v) is 11.6. The average Bonchev–Trinajstić information content (AvgIpc) is 2.71. The van der Waals surface area contributed by atoms with Crippen LogP contribution >= 0.6 is 15.9 Å². The van der Waals surface area contributed by atoms with Crippen molar-refractivity contribution in [2.24, 2.45) is 0 Å². The minimum absolute atomic E-state index is 0.263. The number of nitrogen functional groups attached to an aromatic ring is 1. The van der Waals surface area contributed by atoms with Gasteiger partial charge in [-0.25, -0.2) is 4.39 Å². The SMILES string of the molecule is Nc1nn(Cc2ccc(F)cc2Br)c2ccccc12. The quantitative estimate of drug-likeness (QED) is 0.784. The maximum Gasteiger partial charge on any atom is 0.153 e. The van der Waals surface area contributed by atoms with Crippen molar-refractivity contribution in [2.45, 2.75) is 6.54 Å². The molecule has 0 fully saturated rings. The molecule has 19 heavy (non-hydrogen) atoms. The molecule has 3 aromatic rings. The number of rotatable bonds is 2. The van der Waals surface area contributed by atoms with Gasteiger partial charge in [0.1, 0.15) is 5.82 Å². The maximum atomic E-state index is 13.1. The summed E-state index contributed by atoms with van der Waals surface area (Å²) in [5.41, 5.74) is 7.81. The van der Waals surface area contributed by atoms with Gasteiger partial charge in [-0.2, -0.15) is 5.10 Å². The summed E-state index contributed by atoms with van der Waals surface area (Å²) < 4.78 is 15.6. The first-order valence-electron chi connectivity index (χ1n) is 5.80. The second-order valence-electron chi connectivity index (χ2n) is 4.30. The Labute approximate surface area is 118 Å². The second-order valence-corrected chi connectivity index (χ2v) is 5.15. The van der Waals surface area contributed by atoms with Gasteiger partial charge in [-0.05, 0) is 29.8 Å². The highest BCUT2D eigenvalue weighted by Crippen LogP contribution is 2.23. The normalized spacial score (nSPS) is 11.1. The molecule has 96 valence electrons. The van der Waals surface area contributed by atoms with Gasteiger partial charge >= 0.3 is 0 Å². The van der Waals surface area contributed by atoms with Crippen LogP contribution in [0, 0.1) is 5.82 Å². The van der Waals surface area contributed by atoms with E-state index in [2.05, 4.69) is 21.0 Å². The highest BCUT2D eigenvalue weighted by molar-refractivity contribution is 9.10. The lowest BCUT2D eigenvalue weighted by atomic mass is 10.2. The molecule has 0 spiro atoms. The van der Waals surface area contributed by atoms with Gasteiger partial charge in [0.05, 0.1) is 12.1 Å². The summed E-state index contributed by atoms with van der Waals surface area (Å²) in [6.45, 7) is 0.540. The predicted molar refractivity (Wildman–Crippen MR) is 77.3 cm³/mol. The lowest BCUT2D eigenvalue weighted by Gasteiger charge is -2.06. The third-order valence-corrected chi connectivity index (χ3v) is 3.76. The number of nitrogens with zero attached hydrogens (tertiary/aromatic N) is 2. The van der Waals surface area contributed by atoms with Crippen molar-refractivity contribution >= 4 is 32.7 Å². The molecule has 0 atom stereocenters. The number of fused-ring (bicyclic) bond motifs is 1. The molecule has 0 bridgehead atoms. The summed E-state index contributed by atoms with van der Waals surface area (Å²) in [6.07, 6.45) is 0. The van der Waals surface area contributed by atoms with Crippen molar-refractivity contribution in [1.29, 1.82) is 0 Å². The smallest absolute Gasteiger partial charge is 0.153 e. The van der Waals surface area contributed by atoms with Gasteiger partial charge in [0.15, 0.2) is 5.82 Å². The Morgan fingerprint density at radius 2 is 2.00 bits per heavy atom. The van der Waals surface area contributed by atoms with E-state index in [1.807, 2.05) is 28.9 Å². The van der Waals surface area contributed by atoms with Crippen LogP contribution in [-0.2, 0) is 6.54 Å². The van der Waals surface area contributed by atoms with E-state index in [9.17, 15) is 4.39 Å². The number of anilines is 1. The van der Waals surface area contributed by atoms with Crippen LogP contribution in [0.3, 0.4) is 0 Å². The molecule has 2 aromatic carbocycles. The van der Waals surface area contributed by atoms with Crippen LogP contribution in [0.25, 0.3) is 10.9 Å². The van der Waals surface area contributed by atoms with Crippen LogP contribution in [-0.4, -0.2) is 9.78 Å². The van der Waals surface area contributed by atoms with E-state index >= 15 is 0 Å². The molecule has 0 aliphatic heterocycles. The van der Waals surface area contributed by atoms with E-state index in [-0.39, 0.29) is 5.82 Å². The van der Waals surface area contributed by atoms with Gasteiger partial charge < -0.3 is 5.73 Å². The Kier molecular flexibility index (Phi) is 2.98. The van der Waals surface area contributed by atoms with Crippen LogP contribution in [0.2, 0.25) is 0 Å². The van der Waals surface area contributed by atoms with E-state index in [0.29, 0.717) is 12.4 Å². The Morgan fingerprint density at radius 1 is 1.21 bits per heavy atom. The summed E-state index contributed by atoms with van der Waals surface area (Å²) in [6, 6.07) is 12.4. The van der Waals surface area contributed by atoms with Gasteiger partial charge in [0.25, 0.3) is 0 Å². The third kappa shape index (κ3) is 2.21. The Hall–Kier alpha value is -1.88. The van der Waals surface area contributed by atoms with E-state index in [0.717, 1.165) is 20.9 Å². The lowest BCUT2D eigenvalue weighted by molar-refractivity contribution is 0.624. The standard InChI is InChI=1S/C14H11BrFN3/c15-12-7-10(16)6-5-9(12)8-19-13-4-2-1-3-11(13)14(17)18-19/h1-7H,8H2,(H2,17,18). The van der Waals surface area contributed by atoms with Gasteiger partial charge in [0.2, 0.25) is 0 Å². The molecule has 0 saturated carbocycles. The van der Waals surface area contributed by atoms with Crippen molar-refractivity contribution < 1.29 is 4.39 Å². The van der Waals surface area contributed by atoms with Crippen LogP contribution in [0.15, 0.2) is 46.9 Å². The Morgan fingerprint density at radius 3 is 2.79 bits per heavy atom. The van der Waals surface area contributed by atoms with Crippen molar-refractivity contribution in [1.82, 2.24) is 9.78 Å². The highest BCUT2D eigenvalue weighted by atomic mass is 79.9. The first-order valence-corrected chi connectivity index (χ1v) is 6.59. The van der Waals surface area contributed by atoms with Gasteiger partial charge in [0, 0.05) is 9.86 Å². The molecule has 0 amide bonds. The van der Waals surface area contributed by atoms with Crippen molar-refractivity contribution in [3.8, 4) is 0 Å². The zero-order chi connectivity index (χ0) is 13.4. The minimum atomic E-state index is -0.263. The molecule has 0 aliphatic rings. The average molecular weight is 320 g/mol. The molecule has 5 heteroatoms. The molecule has 2 N–H and O–H groups in total. The number of aromatic nitrogens is 2. The number of hydrogen-bond donors (Lipinski definition) is 1. The molecular formula is C14H11BrFN3. The molecule has 0 radical (unpaired) electrons. The van der Waals surface area contributed by atoms with Crippen LogP contribution in [0.1, 0.15) is 5.56 Å². The molecule has 0 aliphatic carbocycles. The third-order valence-electron chi connectivity index (χ3n) is 3.02. The molecule has 3 rings (SSSR count). The number of hydrogen-bond acceptors (Lipinski definition) is 2. The van der Waals surface area contributed by atoms with Crippen LogP contribution in [0.5, 0.6) is 0 Å². The summed E-state index contributed by atoms with van der Waals surface area (Å²) in [7, 11) is 0. The number of para-hydroxylation sites is 1. The number of nitrogens with two attached hydrogens (primary N) is 1. The van der Waals surface area contributed by atoms with Gasteiger partial charge in [-0.15, -0.1) is 0 Å². The van der Waals surface area contributed by atoms with Crippen molar-refractivity contribution in [3.63, 3.8) is 0 Å². The fraction of sp³-hybridized carbons (Fsp3) is 0.0714. The molecular weight excluding hydrogens is 309 g/mol. The van der Waals surface area contributed by atoms with E-state index in [1.165, 1.54) is 12.1 Å². The summed E-state index contributed by atoms with van der Waals surface area (Å²) in [5.74, 6) is 0.245. The lowest BCUT2D eigenvalue weighted by Crippen LogP contribution is -2.03. The van der Waals surface area contributed by atoms with Crippen molar-refractivity contribution in [2.75, 3.05) is 5.73 Å². The Bertz CT molecular complexity index is 752. The minimum Gasteiger partial charge on any atom is -0.382 e. The number of halogens is 2. The summed E-state index contributed by atoms with van der Waals surface area (Å²) in [5, 5.41) is 5.26. The number of benzene rings is 2. The zero-order valence-electron chi connectivity index (χ0n) is 9.98. The second kappa shape index (κ2) is 4.66. The molecule has 1 heterocycles. The predicted octanol–water partition coefficient (Wildman–Crippen LogP) is 3.57. The van der Waals surface area contributed by atoms with E-state index in [4.69, 9.17) is 5.73 Å². The summed E-state index contributed by atoms with van der Waals surface area (Å²) in [4.78, 5) is 0. The molecule has 0 unspecified atom stereocenters. The maximum absolute atomic E-state index is 13.1. The first-order chi connectivity index (χ1) is 9.15. The fourth-order valence-corrected chi connectivity index (χ4v) is 2.56. The van der Waals surface area contributed by atoms with E-state index < -0.39 is 0 Å². The van der Waals surface area contributed by atoms with Crippen molar-refractivity contribution in [3.05, 3.63) is 58.3 Å². The fourth-order valence-electron chi connectivity index (χ4n) is 2.08. The molecule has 0 saturated heterocycles. The van der Waals surface area contributed by atoms with Crippen LogP contribution < -0.4 is 5.73 Å². The Balaban J connectivity index is 2.06. The largest absolute Gasteiger partial charge is 0.382 e. The molecule has 3 nitrogen and oxygen atoms in total. The summed E-state index contributed by atoms with van der Waals surface area (Å²) >= 11 is 3.36. The van der Waals surface area contributed by atoms with Gasteiger partial charge in [-0.1, -0.05) is 34.1 Å². The van der Waals surface area contributed by atoms with Gasteiger partial charge in [-0.3, -0.25) is 4.68 Å².